The fourth-order valence-corrected chi connectivity index (χ4v) is 1.47. The Morgan fingerprint density at radius 2 is 1.79 bits per heavy atom. The molecule has 6 N–H and O–H groups in total. The minimum absolute atomic E-state index is 0.333. The lowest BCUT2D eigenvalue weighted by Gasteiger charge is -2.32. The summed E-state index contributed by atoms with van der Waals surface area (Å²) in [6, 6.07) is 0. The zero-order valence-corrected chi connectivity index (χ0v) is 10.4. The fraction of sp³-hybridized carbons (Fsp3) is 0.625. The molecule has 0 aliphatic rings. The summed E-state index contributed by atoms with van der Waals surface area (Å²) in [5.74, 6) is -0.948. The molecule has 0 unspecified atom stereocenters. The SMILES string of the molecule is CC(=O)N[C@](O)(C=O)[C@@H](O)[C@H](O)[C@H](O)C(O)=S(=O)=O. The number of hydrogen-bond acceptors (Lipinski definition) is 8. The van der Waals surface area contributed by atoms with Gasteiger partial charge in [0.05, 0.1) is 0 Å². The van der Waals surface area contributed by atoms with Crippen molar-refractivity contribution in [2.45, 2.75) is 31.0 Å². The maximum absolute atomic E-state index is 10.7. The predicted molar refractivity (Wildman–Crippen MR) is 59.4 cm³/mol. The molecule has 0 saturated carbocycles. The van der Waals surface area contributed by atoms with Crippen molar-refractivity contribution >= 4 is 27.5 Å². The summed E-state index contributed by atoms with van der Waals surface area (Å²) in [4.78, 5) is 21.3. The lowest BCUT2D eigenvalue weighted by atomic mass is 9.98. The van der Waals surface area contributed by atoms with E-state index in [4.69, 9.17) is 5.11 Å². The number of hydrogen-bond donors (Lipinski definition) is 6. The molecule has 10 nitrogen and oxygen atoms in total. The summed E-state index contributed by atoms with van der Waals surface area (Å²) in [6.07, 6.45) is -7.77. The van der Waals surface area contributed by atoms with Gasteiger partial charge in [-0.1, -0.05) is 0 Å². The van der Waals surface area contributed by atoms with Gasteiger partial charge in [-0.2, -0.15) is 8.42 Å². The Morgan fingerprint density at radius 3 is 2.11 bits per heavy atom. The maximum Gasteiger partial charge on any atom is 0.243 e. The first-order valence-corrected chi connectivity index (χ1v) is 5.81. The van der Waals surface area contributed by atoms with Crippen molar-refractivity contribution in [1.82, 2.24) is 5.32 Å². The van der Waals surface area contributed by atoms with E-state index in [9.17, 15) is 38.4 Å². The molecule has 0 fully saturated rings. The molecule has 4 atom stereocenters. The minimum atomic E-state index is -3.27. The summed E-state index contributed by atoms with van der Waals surface area (Å²) < 4.78 is 20.6. The predicted octanol–water partition coefficient (Wildman–Crippen LogP) is -4.34. The Kier molecular flexibility index (Phi) is 6.21. The van der Waals surface area contributed by atoms with Crippen LogP contribution in [0.15, 0.2) is 0 Å². The van der Waals surface area contributed by atoms with Crippen LogP contribution in [-0.4, -0.2) is 75.2 Å². The second-order valence-corrected chi connectivity index (χ2v) is 4.47. The van der Waals surface area contributed by atoms with E-state index in [0.29, 0.717) is 0 Å². The number of amides is 1. The molecule has 0 aromatic carbocycles. The summed E-state index contributed by atoms with van der Waals surface area (Å²) in [5, 5.41) is 46.4. The second-order valence-electron chi connectivity index (χ2n) is 3.58. The molecule has 0 aromatic heterocycles. The van der Waals surface area contributed by atoms with Crippen LogP contribution >= 0.6 is 0 Å². The van der Waals surface area contributed by atoms with Crippen LogP contribution in [0.25, 0.3) is 0 Å². The molecular formula is C8H13NO9S. The first-order valence-electron chi connectivity index (χ1n) is 4.73. The van der Waals surface area contributed by atoms with Gasteiger partial charge in [0.2, 0.25) is 27.0 Å². The molecule has 19 heavy (non-hydrogen) atoms. The number of carbonyl (C=O) groups excluding carboxylic acids is 2. The third-order valence-corrected chi connectivity index (χ3v) is 2.66. The number of carbonyl (C=O) groups is 2. The minimum Gasteiger partial charge on any atom is -0.387 e. The quantitative estimate of drug-likeness (QED) is 0.160. The lowest BCUT2D eigenvalue weighted by molar-refractivity contribution is -0.170. The number of rotatable bonds is 6. The van der Waals surface area contributed by atoms with E-state index in [2.05, 4.69) is 0 Å². The molecular weight excluding hydrogens is 286 g/mol. The van der Waals surface area contributed by atoms with Crippen molar-refractivity contribution in [3.8, 4) is 0 Å². The Balaban J connectivity index is 5.28. The van der Waals surface area contributed by atoms with Crippen molar-refractivity contribution in [3.05, 3.63) is 0 Å². The summed E-state index contributed by atoms with van der Waals surface area (Å²) in [6.45, 7) is 0.889. The van der Waals surface area contributed by atoms with Gasteiger partial charge in [-0.15, -0.1) is 0 Å². The van der Waals surface area contributed by atoms with Crippen LogP contribution < -0.4 is 5.32 Å². The fourth-order valence-electron chi connectivity index (χ4n) is 1.13. The zero-order chi connectivity index (χ0) is 15.4. The Labute approximate surface area is 108 Å². The molecule has 0 heterocycles. The maximum atomic E-state index is 10.7. The number of aliphatic hydroxyl groups is 5. The van der Waals surface area contributed by atoms with E-state index in [1.54, 1.807) is 5.32 Å². The van der Waals surface area contributed by atoms with Gasteiger partial charge in [0.25, 0.3) is 0 Å². The van der Waals surface area contributed by atoms with Gasteiger partial charge in [0.15, 0.2) is 6.29 Å². The molecule has 11 heteroatoms. The molecule has 110 valence electrons. The van der Waals surface area contributed by atoms with E-state index < -0.39 is 45.3 Å². The van der Waals surface area contributed by atoms with Gasteiger partial charge in [-0.25, -0.2) is 0 Å². The standard InChI is InChI=1S/C8H13NO9S/c1-3(11)9-8(16,2-10)6(14)4(12)5(13)7(15)19(17)18/h2,4-6,12-16H,1H3,(H,9,11)/t4-,5+,6+,8+/m1/s1. The highest BCUT2D eigenvalue weighted by Crippen LogP contribution is 2.12. The molecule has 0 saturated heterocycles. The van der Waals surface area contributed by atoms with Crippen LogP contribution in [0, 0.1) is 0 Å². The van der Waals surface area contributed by atoms with Crippen molar-refractivity contribution in [1.29, 1.82) is 0 Å². The van der Waals surface area contributed by atoms with Crippen LogP contribution in [0.5, 0.6) is 0 Å². The van der Waals surface area contributed by atoms with Crippen LogP contribution in [0.1, 0.15) is 6.92 Å². The van der Waals surface area contributed by atoms with E-state index in [-0.39, 0.29) is 6.29 Å². The number of nitrogens with one attached hydrogen (secondary N) is 1. The van der Waals surface area contributed by atoms with Gasteiger partial charge < -0.3 is 30.8 Å². The van der Waals surface area contributed by atoms with Crippen molar-refractivity contribution in [2.24, 2.45) is 0 Å². The molecule has 0 spiro atoms. The van der Waals surface area contributed by atoms with Gasteiger partial charge >= 0.3 is 0 Å². The molecule has 0 rings (SSSR count). The average Bonchev–Trinajstić information content (AvgIpc) is 2.33. The zero-order valence-electron chi connectivity index (χ0n) is 9.59. The van der Waals surface area contributed by atoms with Crippen LogP contribution in [-0.2, 0) is 19.9 Å². The molecule has 0 aromatic rings. The van der Waals surface area contributed by atoms with Gasteiger partial charge in [-0.05, 0) is 0 Å². The molecule has 0 bridgehead atoms. The highest BCUT2D eigenvalue weighted by Gasteiger charge is 2.44. The van der Waals surface area contributed by atoms with Crippen LogP contribution in [0.3, 0.4) is 0 Å². The molecule has 0 aliphatic heterocycles. The third-order valence-electron chi connectivity index (χ3n) is 2.08. The second kappa shape index (κ2) is 6.70. The van der Waals surface area contributed by atoms with Gasteiger partial charge in [0, 0.05) is 6.92 Å². The smallest absolute Gasteiger partial charge is 0.243 e. The first-order chi connectivity index (χ1) is 8.56. The molecule has 1 amide bonds. The van der Waals surface area contributed by atoms with E-state index in [1.165, 1.54) is 0 Å². The van der Waals surface area contributed by atoms with E-state index in [1.807, 2.05) is 0 Å². The summed E-state index contributed by atoms with van der Waals surface area (Å²) in [7, 11) is -3.27. The first kappa shape index (κ1) is 17.6. The monoisotopic (exact) mass is 299 g/mol. The molecule has 0 aliphatic carbocycles. The highest BCUT2D eigenvalue weighted by atomic mass is 32.2. The Bertz CT molecular complexity index is 478. The average molecular weight is 299 g/mol. The van der Waals surface area contributed by atoms with Crippen LogP contribution in [0.4, 0.5) is 0 Å². The largest absolute Gasteiger partial charge is 0.387 e. The summed E-state index contributed by atoms with van der Waals surface area (Å²) >= 11 is 0. The Hall–Kier alpha value is -1.37. The number of aliphatic hydroxyl groups excluding tert-OH is 4. The normalized spacial score (nSPS) is 18.6. The van der Waals surface area contributed by atoms with E-state index in [0.717, 1.165) is 6.92 Å². The third kappa shape index (κ3) is 4.34. The molecule has 0 radical (unpaired) electrons. The van der Waals surface area contributed by atoms with Crippen molar-refractivity contribution in [2.75, 3.05) is 0 Å². The van der Waals surface area contributed by atoms with Crippen LogP contribution in [0.2, 0.25) is 0 Å². The van der Waals surface area contributed by atoms with Gasteiger partial charge in [0.1, 0.15) is 18.3 Å². The topological polar surface area (TPSA) is 181 Å². The van der Waals surface area contributed by atoms with E-state index >= 15 is 0 Å². The number of aldehydes is 1. The Morgan fingerprint density at radius 1 is 1.32 bits per heavy atom. The highest BCUT2D eigenvalue weighted by molar-refractivity contribution is 7.72. The van der Waals surface area contributed by atoms with Gasteiger partial charge in [-0.3, -0.25) is 9.59 Å². The van der Waals surface area contributed by atoms with Crippen molar-refractivity contribution < 1.29 is 43.5 Å². The van der Waals surface area contributed by atoms with Crippen molar-refractivity contribution in [3.63, 3.8) is 0 Å². The lowest BCUT2D eigenvalue weighted by Crippen LogP contribution is -2.63. The summed E-state index contributed by atoms with van der Waals surface area (Å²) in [5.41, 5.74) is -2.96.